The Kier molecular flexibility index (Phi) is 11.4. The summed E-state index contributed by atoms with van der Waals surface area (Å²) >= 11 is 0. The van der Waals surface area contributed by atoms with E-state index in [4.69, 9.17) is 9.15 Å². The molecule has 0 aliphatic carbocycles. The summed E-state index contributed by atoms with van der Waals surface area (Å²) in [5, 5.41) is 6.49. The zero-order valence-electron chi connectivity index (χ0n) is 16.7. The average Bonchev–Trinajstić information content (AvgIpc) is 3.04. The molecule has 1 amide bonds. The maximum Gasteiger partial charge on any atom is 0.410 e. The van der Waals surface area contributed by atoms with E-state index >= 15 is 0 Å². The fourth-order valence-electron chi connectivity index (χ4n) is 2.09. The third-order valence-corrected chi connectivity index (χ3v) is 3.66. The van der Waals surface area contributed by atoms with E-state index in [1.807, 2.05) is 39.8 Å². The highest BCUT2D eigenvalue weighted by atomic mass is 127. The third-order valence-electron chi connectivity index (χ3n) is 3.66. The van der Waals surface area contributed by atoms with E-state index in [1.165, 1.54) is 0 Å². The first-order valence-corrected chi connectivity index (χ1v) is 8.65. The maximum absolute atomic E-state index is 12.0. The smallest absolute Gasteiger partial charge is 0.410 e. The predicted molar refractivity (Wildman–Crippen MR) is 115 cm³/mol. The average molecular weight is 480 g/mol. The number of hydrogen-bond donors (Lipinski definition) is 2. The van der Waals surface area contributed by atoms with Crippen LogP contribution in [-0.2, 0) is 11.2 Å². The van der Waals surface area contributed by atoms with Crippen molar-refractivity contribution in [1.29, 1.82) is 0 Å². The van der Waals surface area contributed by atoms with Crippen molar-refractivity contribution < 1.29 is 13.9 Å². The molecule has 1 unspecified atom stereocenters. The van der Waals surface area contributed by atoms with Crippen LogP contribution in [0.1, 0.15) is 39.9 Å². The second kappa shape index (κ2) is 12.0. The Bertz CT molecular complexity index is 541. The number of aliphatic imine (C=N–C) groups is 1. The number of guanidine groups is 1. The summed E-state index contributed by atoms with van der Waals surface area (Å²) in [5.41, 5.74) is -0.483. The summed E-state index contributed by atoms with van der Waals surface area (Å²) in [5.74, 6) is 1.68. The number of carbonyl (C=O) groups excluding carboxylic acids is 1. The number of nitrogens with one attached hydrogen (secondary N) is 2. The highest BCUT2D eigenvalue weighted by Gasteiger charge is 2.22. The molecular weight excluding hydrogens is 447 g/mol. The Morgan fingerprint density at radius 3 is 2.54 bits per heavy atom. The van der Waals surface area contributed by atoms with E-state index in [0.29, 0.717) is 6.54 Å². The van der Waals surface area contributed by atoms with Crippen LogP contribution in [0.2, 0.25) is 0 Å². The molecule has 8 heteroatoms. The largest absolute Gasteiger partial charge is 0.469 e. The Labute approximate surface area is 174 Å². The number of carbonyl (C=O) groups is 1. The van der Waals surface area contributed by atoms with Gasteiger partial charge in [-0.05, 0) is 46.2 Å². The van der Waals surface area contributed by atoms with Gasteiger partial charge in [0.05, 0.1) is 6.26 Å². The second-order valence-electron chi connectivity index (χ2n) is 6.98. The molecule has 26 heavy (non-hydrogen) atoms. The lowest BCUT2D eigenvalue weighted by Crippen LogP contribution is -2.43. The van der Waals surface area contributed by atoms with Crippen molar-refractivity contribution in [1.82, 2.24) is 15.5 Å². The number of ether oxygens (including phenoxy) is 1. The van der Waals surface area contributed by atoms with E-state index < -0.39 is 5.60 Å². The lowest BCUT2D eigenvalue weighted by molar-refractivity contribution is 0.0230. The quantitative estimate of drug-likeness (QED) is 0.356. The summed E-state index contributed by atoms with van der Waals surface area (Å²) < 4.78 is 10.7. The highest BCUT2D eigenvalue weighted by Crippen LogP contribution is 2.11. The first kappa shape index (κ1) is 24.6. The molecule has 2 N–H and O–H groups in total. The lowest BCUT2D eigenvalue weighted by atomic mass is 10.2. The molecule has 0 aliphatic rings. The molecule has 0 fully saturated rings. The van der Waals surface area contributed by atoms with Gasteiger partial charge in [0.25, 0.3) is 0 Å². The van der Waals surface area contributed by atoms with Crippen LogP contribution in [-0.4, -0.2) is 55.8 Å². The molecule has 1 aromatic rings. The first-order chi connectivity index (χ1) is 11.7. The third kappa shape index (κ3) is 9.88. The van der Waals surface area contributed by atoms with Gasteiger partial charge in [-0.1, -0.05) is 0 Å². The van der Waals surface area contributed by atoms with Crippen LogP contribution in [0.25, 0.3) is 0 Å². The predicted octanol–water partition coefficient (Wildman–Crippen LogP) is 3.25. The van der Waals surface area contributed by atoms with Gasteiger partial charge in [-0.3, -0.25) is 4.99 Å². The standard InChI is InChI=1S/C18H32N4O3.HI/c1-14(22(6)17(23)25-18(2,3)4)9-11-20-16(19-5)21-12-10-15-8-7-13-24-15;/h7-8,13-14H,9-12H2,1-6H3,(H2,19,20,21);1H. The zero-order valence-corrected chi connectivity index (χ0v) is 19.0. The van der Waals surface area contributed by atoms with Crippen LogP contribution >= 0.6 is 24.0 Å². The van der Waals surface area contributed by atoms with Crippen LogP contribution in [0.5, 0.6) is 0 Å². The summed E-state index contributed by atoms with van der Waals surface area (Å²) in [4.78, 5) is 17.9. The van der Waals surface area contributed by atoms with Gasteiger partial charge >= 0.3 is 6.09 Å². The summed E-state index contributed by atoms with van der Waals surface area (Å²) in [6.45, 7) is 9.03. The summed E-state index contributed by atoms with van der Waals surface area (Å²) in [7, 11) is 3.49. The SMILES string of the molecule is CN=C(NCCc1ccco1)NCCC(C)N(C)C(=O)OC(C)(C)C.I. The van der Waals surface area contributed by atoms with Crippen molar-refractivity contribution >= 4 is 36.0 Å². The van der Waals surface area contributed by atoms with Gasteiger partial charge in [-0.2, -0.15) is 0 Å². The maximum atomic E-state index is 12.0. The first-order valence-electron chi connectivity index (χ1n) is 8.65. The van der Waals surface area contributed by atoms with E-state index in [-0.39, 0.29) is 36.1 Å². The van der Waals surface area contributed by atoms with Crippen molar-refractivity contribution in [2.24, 2.45) is 4.99 Å². The second-order valence-corrected chi connectivity index (χ2v) is 6.98. The molecule has 1 rings (SSSR count). The number of halogens is 1. The van der Waals surface area contributed by atoms with Gasteiger partial charge in [0.2, 0.25) is 0 Å². The molecular formula is C18H33IN4O3. The lowest BCUT2D eigenvalue weighted by Gasteiger charge is -2.28. The van der Waals surface area contributed by atoms with Crippen molar-refractivity contribution in [2.45, 2.75) is 52.2 Å². The van der Waals surface area contributed by atoms with Crippen molar-refractivity contribution in [3.63, 3.8) is 0 Å². The Balaban J connectivity index is 0.00000625. The van der Waals surface area contributed by atoms with Gasteiger partial charge in [0, 0.05) is 39.6 Å². The molecule has 0 saturated heterocycles. The van der Waals surface area contributed by atoms with Gasteiger partial charge in [0.1, 0.15) is 11.4 Å². The van der Waals surface area contributed by atoms with Crippen molar-refractivity contribution in [2.75, 3.05) is 27.2 Å². The minimum atomic E-state index is -0.483. The van der Waals surface area contributed by atoms with E-state index in [9.17, 15) is 4.79 Å². The fraction of sp³-hybridized carbons (Fsp3) is 0.667. The molecule has 7 nitrogen and oxygen atoms in total. The Morgan fingerprint density at radius 1 is 1.35 bits per heavy atom. The van der Waals surface area contributed by atoms with Crippen molar-refractivity contribution in [3.8, 4) is 0 Å². The van der Waals surface area contributed by atoms with Gasteiger partial charge < -0.3 is 24.7 Å². The van der Waals surface area contributed by atoms with Crippen LogP contribution in [0.4, 0.5) is 4.79 Å². The molecule has 1 aromatic heterocycles. The van der Waals surface area contributed by atoms with Gasteiger partial charge in [-0.25, -0.2) is 4.79 Å². The molecule has 0 spiro atoms. The molecule has 1 atom stereocenters. The fourth-order valence-corrected chi connectivity index (χ4v) is 2.09. The number of amides is 1. The normalized spacial score (nSPS) is 12.8. The van der Waals surface area contributed by atoms with Crippen LogP contribution in [0, 0.1) is 0 Å². The van der Waals surface area contributed by atoms with Gasteiger partial charge in [-0.15, -0.1) is 24.0 Å². The van der Waals surface area contributed by atoms with Gasteiger partial charge in [0.15, 0.2) is 5.96 Å². The van der Waals surface area contributed by atoms with Crippen LogP contribution in [0.3, 0.4) is 0 Å². The van der Waals surface area contributed by atoms with Crippen LogP contribution in [0.15, 0.2) is 27.8 Å². The number of rotatable bonds is 7. The van der Waals surface area contributed by atoms with Crippen molar-refractivity contribution in [3.05, 3.63) is 24.2 Å². The Morgan fingerprint density at radius 2 is 2.00 bits per heavy atom. The zero-order chi connectivity index (χ0) is 18.9. The Hall–Kier alpha value is -1.45. The van der Waals surface area contributed by atoms with Crippen LogP contribution < -0.4 is 10.6 Å². The molecule has 1 heterocycles. The minimum absolute atomic E-state index is 0. The molecule has 0 bridgehead atoms. The van der Waals surface area contributed by atoms with E-state index in [2.05, 4.69) is 15.6 Å². The molecule has 150 valence electrons. The summed E-state index contributed by atoms with van der Waals surface area (Å²) in [6.07, 6.45) is 2.95. The topological polar surface area (TPSA) is 79.1 Å². The monoisotopic (exact) mass is 480 g/mol. The van der Waals surface area contributed by atoms with E-state index in [1.54, 1.807) is 25.3 Å². The molecule has 0 saturated carbocycles. The molecule has 0 radical (unpaired) electrons. The highest BCUT2D eigenvalue weighted by molar-refractivity contribution is 14.0. The number of furan rings is 1. The van der Waals surface area contributed by atoms with E-state index in [0.717, 1.165) is 31.1 Å². The number of nitrogens with zero attached hydrogens (tertiary/aromatic N) is 2. The molecule has 0 aromatic carbocycles. The number of hydrogen-bond acceptors (Lipinski definition) is 4. The molecule has 0 aliphatic heterocycles. The minimum Gasteiger partial charge on any atom is -0.469 e. The summed E-state index contributed by atoms with van der Waals surface area (Å²) in [6, 6.07) is 3.89.